The second kappa shape index (κ2) is 12.9. The van der Waals surface area contributed by atoms with E-state index < -0.39 is 0 Å². The first-order chi connectivity index (χ1) is 26.2. The quantitative estimate of drug-likeness (QED) is 0.176. The molecule has 0 saturated heterocycles. The largest absolute Gasteiger partial charge is 0.309 e. The zero-order valence-electron chi connectivity index (χ0n) is 28.9. The van der Waals surface area contributed by atoms with E-state index in [0.29, 0.717) is 5.82 Å². The van der Waals surface area contributed by atoms with Gasteiger partial charge < -0.3 is 4.57 Å². The molecule has 2 aromatic heterocycles. The first kappa shape index (κ1) is 30.7. The average Bonchev–Trinajstić information content (AvgIpc) is 3.58. The SMILES string of the molecule is c1ccc(-c2cccc(-c3cc(-c4cc(-c5ccc6ccccc6c5)cc(-n5c6ccccc6c6ccccc65)c4)nc(-c4ccccc4)n3)c2)cc1. The molecule has 10 rings (SSSR count). The summed E-state index contributed by atoms with van der Waals surface area (Å²) in [7, 11) is 0. The molecule has 0 aliphatic carbocycles. The lowest BCUT2D eigenvalue weighted by Gasteiger charge is -2.15. The van der Waals surface area contributed by atoms with Gasteiger partial charge in [0.05, 0.1) is 22.4 Å². The predicted octanol–water partition coefficient (Wildman–Crippen LogP) is 13.1. The van der Waals surface area contributed by atoms with Crippen LogP contribution in [0.3, 0.4) is 0 Å². The van der Waals surface area contributed by atoms with Crippen molar-refractivity contribution in [2.45, 2.75) is 0 Å². The number of fused-ring (bicyclic) bond motifs is 4. The highest BCUT2D eigenvalue weighted by molar-refractivity contribution is 6.09. The van der Waals surface area contributed by atoms with Gasteiger partial charge in [0.15, 0.2) is 5.82 Å². The fourth-order valence-electron chi connectivity index (χ4n) is 7.57. The highest BCUT2D eigenvalue weighted by Gasteiger charge is 2.17. The van der Waals surface area contributed by atoms with E-state index >= 15 is 0 Å². The number of rotatable bonds is 6. The van der Waals surface area contributed by atoms with E-state index in [2.05, 4.69) is 187 Å². The highest BCUT2D eigenvalue weighted by atomic mass is 15.0. The Morgan fingerprint density at radius 2 is 0.830 bits per heavy atom. The van der Waals surface area contributed by atoms with Crippen LogP contribution in [0.1, 0.15) is 0 Å². The van der Waals surface area contributed by atoms with E-state index in [9.17, 15) is 0 Å². The van der Waals surface area contributed by atoms with Crippen molar-refractivity contribution in [2.75, 3.05) is 0 Å². The summed E-state index contributed by atoms with van der Waals surface area (Å²) in [4.78, 5) is 10.5. The van der Waals surface area contributed by atoms with Gasteiger partial charge in [-0.25, -0.2) is 9.97 Å². The molecule has 0 atom stereocenters. The second-order valence-electron chi connectivity index (χ2n) is 13.5. The van der Waals surface area contributed by atoms with E-state index in [0.717, 1.165) is 50.5 Å². The molecule has 3 heteroatoms. The second-order valence-corrected chi connectivity index (χ2v) is 13.5. The Kier molecular flexibility index (Phi) is 7.47. The summed E-state index contributed by atoms with van der Waals surface area (Å²) in [5.41, 5.74) is 12.8. The highest BCUT2D eigenvalue weighted by Crippen LogP contribution is 2.38. The van der Waals surface area contributed by atoms with E-state index in [1.165, 1.54) is 38.1 Å². The molecule has 0 unspecified atom stereocenters. The molecule has 0 saturated carbocycles. The van der Waals surface area contributed by atoms with Crippen molar-refractivity contribution in [1.29, 1.82) is 0 Å². The monoisotopic (exact) mass is 675 g/mol. The van der Waals surface area contributed by atoms with Crippen molar-refractivity contribution in [1.82, 2.24) is 14.5 Å². The minimum absolute atomic E-state index is 0.692. The summed E-state index contributed by atoms with van der Waals surface area (Å²) >= 11 is 0. The molecule has 0 radical (unpaired) electrons. The fraction of sp³-hybridized carbons (Fsp3) is 0. The molecule has 0 aliphatic rings. The topological polar surface area (TPSA) is 30.7 Å². The standard InChI is InChI=1S/C50H33N3/c1-3-14-34(15-4-1)38-20-13-21-40(29-38)46-33-47(52-50(51-46)36-17-5-2-6-18-36)42-30-41(39-27-26-35-16-7-8-19-37(35)28-39)31-43(32-42)53-48-24-11-9-22-44(48)45-23-10-12-25-49(45)53/h1-33H. The summed E-state index contributed by atoms with van der Waals surface area (Å²) < 4.78 is 2.39. The first-order valence-corrected chi connectivity index (χ1v) is 18.0. The molecular formula is C50H33N3. The van der Waals surface area contributed by atoms with Crippen LogP contribution in [0.4, 0.5) is 0 Å². The van der Waals surface area contributed by atoms with Gasteiger partial charge >= 0.3 is 0 Å². The number of para-hydroxylation sites is 2. The van der Waals surface area contributed by atoms with Gasteiger partial charge in [-0.15, -0.1) is 0 Å². The van der Waals surface area contributed by atoms with Crippen LogP contribution >= 0.6 is 0 Å². The number of hydrogen-bond donors (Lipinski definition) is 0. The van der Waals surface area contributed by atoms with Crippen molar-refractivity contribution in [3.05, 3.63) is 200 Å². The maximum atomic E-state index is 5.29. The molecule has 248 valence electrons. The number of aromatic nitrogens is 3. The third-order valence-electron chi connectivity index (χ3n) is 10.2. The van der Waals surface area contributed by atoms with E-state index in [4.69, 9.17) is 9.97 Å². The summed E-state index contributed by atoms with van der Waals surface area (Å²) in [5, 5.41) is 4.90. The first-order valence-electron chi connectivity index (χ1n) is 18.0. The molecule has 0 spiro atoms. The number of nitrogens with zero attached hydrogens (tertiary/aromatic N) is 3. The maximum Gasteiger partial charge on any atom is 0.160 e. The lowest BCUT2D eigenvalue weighted by Crippen LogP contribution is -1.99. The Hall–Kier alpha value is -7.10. The summed E-state index contributed by atoms with van der Waals surface area (Å²) in [6, 6.07) is 71.1. The van der Waals surface area contributed by atoms with Crippen LogP contribution in [0, 0.1) is 0 Å². The Morgan fingerprint density at radius 1 is 0.302 bits per heavy atom. The summed E-state index contributed by atoms with van der Waals surface area (Å²) in [6.07, 6.45) is 0. The van der Waals surface area contributed by atoms with Crippen molar-refractivity contribution in [3.63, 3.8) is 0 Å². The third kappa shape index (κ3) is 5.65. The van der Waals surface area contributed by atoms with Gasteiger partial charge in [-0.3, -0.25) is 0 Å². The minimum atomic E-state index is 0.692. The Morgan fingerprint density at radius 3 is 1.57 bits per heavy atom. The Bertz CT molecular complexity index is 2890. The number of benzene rings is 8. The van der Waals surface area contributed by atoms with Gasteiger partial charge in [-0.05, 0) is 81.6 Å². The van der Waals surface area contributed by atoms with Crippen LogP contribution in [0.5, 0.6) is 0 Å². The molecular weight excluding hydrogens is 643 g/mol. The summed E-state index contributed by atoms with van der Waals surface area (Å²) in [5.74, 6) is 0.692. The lowest BCUT2D eigenvalue weighted by molar-refractivity contribution is 1.16. The molecule has 0 amide bonds. The fourth-order valence-corrected chi connectivity index (χ4v) is 7.57. The molecule has 10 aromatic rings. The zero-order chi connectivity index (χ0) is 35.1. The van der Waals surface area contributed by atoms with Gasteiger partial charge in [-0.1, -0.05) is 152 Å². The molecule has 8 aromatic carbocycles. The van der Waals surface area contributed by atoms with Crippen LogP contribution in [-0.2, 0) is 0 Å². The Balaban J connectivity index is 1.23. The van der Waals surface area contributed by atoms with Crippen LogP contribution < -0.4 is 0 Å². The van der Waals surface area contributed by atoms with Gasteiger partial charge in [0, 0.05) is 33.2 Å². The minimum Gasteiger partial charge on any atom is -0.309 e. The molecule has 0 bridgehead atoms. The zero-order valence-corrected chi connectivity index (χ0v) is 28.9. The maximum absolute atomic E-state index is 5.29. The average molecular weight is 676 g/mol. The van der Waals surface area contributed by atoms with E-state index in [1.54, 1.807) is 0 Å². The van der Waals surface area contributed by atoms with Gasteiger partial charge in [0.25, 0.3) is 0 Å². The normalized spacial score (nSPS) is 11.4. The molecule has 2 heterocycles. The van der Waals surface area contributed by atoms with Gasteiger partial charge in [0.1, 0.15) is 0 Å². The molecule has 0 N–H and O–H groups in total. The van der Waals surface area contributed by atoms with Crippen LogP contribution in [0.15, 0.2) is 200 Å². The summed E-state index contributed by atoms with van der Waals surface area (Å²) in [6.45, 7) is 0. The van der Waals surface area contributed by atoms with Crippen LogP contribution in [0.25, 0.3) is 94.4 Å². The lowest BCUT2D eigenvalue weighted by atomic mass is 9.97. The van der Waals surface area contributed by atoms with Gasteiger partial charge in [0.2, 0.25) is 0 Å². The van der Waals surface area contributed by atoms with Crippen molar-refractivity contribution < 1.29 is 0 Å². The van der Waals surface area contributed by atoms with Crippen molar-refractivity contribution >= 4 is 32.6 Å². The Labute approximate surface area is 308 Å². The van der Waals surface area contributed by atoms with Crippen LogP contribution in [-0.4, -0.2) is 14.5 Å². The smallest absolute Gasteiger partial charge is 0.160 e. The molecule has 3 nitrogen and oxygen atoms in total. The van der Waals surface area contributed by atoms with E-state index in [1.807, 2.05) is 18.2 Å². The third-order valence-corrected chi connectivity index (χ3v) is 10.2. The molecule has 53 heavy (non-hydrogen) atoms. The van der Waals surface area contributed by atoms with E-state index in [-0.39, 0.29) is 0 Å². The molecule has 0 fully saturated rings. The predicted molar refractivity (Wildman–Crippen MR) is 221 cm³/mol. The van der Waals surface area contributed by atoms with Crippen LogP contribution in [0.2, 0.25) is 0 Å². The molecule has 0 aliphatic heterocycles. The van der Waals surface area contributed by atoms with Crippen molar-refractivity contribution in [2.24, 2.45) is 0 Å². The number of hydrogen-bond acceptors (Lipinski definition) is 2. The van der Waals surface area contributed by atoms with Crippen molar-refractivity contribution in [3.8, 4) is 61.8 Å². The van der Waals surface area contributed by atoms with Gasteiger partial charge in [-0.2, -0.15) is 0 Å².